The maximum absolute atomic E-state index is 12.2. The van der Waals surface area contributed by atoms with E-state index >= 15 is 0 Å². The third-order valence-electron chi connectivity index (χ3n) is 3.59. The van der Waals surface area contributed by atoms with Crippen molar-refractivity contribution >= 4 is 26.1 Å². The molecule has 3 N–H and O–H groups in total. The zero-order valence-electron chi connectivity index (χ0n) is 11.3. The summed E-state index contributed by atoms with van der Waals surface area (Å²) in [5, 5.41) is 0. The van der Waals surface area contributed by atoms with E-state index in [2.05, 4.69) is 20.7 Å². The molecule has 0 atom stereocenters. The molecular formula is C13H20BrN3O2S. The highest BCUT2D eigenvalue weighted by Crippen LogP contribution is 2.18. The van der Waals surface area contributed by atoms with Gasteiger partial charge >= 0.3 is 0 Å². The van der Waals surface area contributed by atoms with Crippen molar-refractivity contribution in [2.24, 2.45) is 11.7 Å². The van der Waals surface area contributed by atoms with Gasteiger partial charge in [-0.1, -0.05) is 28.1 Å². The zero-order chi connectivity index (χ0) is 14.6. The van der Waals surface area contributed by atoms with Crippen molar-refractivity contribution in [3.63, 3.8) is 0 Å². The lowest BCUT2D eigenvalue weighted by Gasteiger charge is -2.30. The largest absolute Gasteiger partial charge is 0.330 e. The molecule has 112 valence electrons. The first-order chi connectivity index (χ1) is 9.51. The molecule has 1 heterocycles. The quantitative estimate of drug-likeness (QED) is 0.833. The molecule has 0 radical (unpaired) electrons. The first kappa shape index (κ1) is 15.9. The highest BCUT2D eigenvalue weighted by molar-refractivity contribution is 9.10. The van der Waals surface area contributed by atoms with Crippen LogP contribution >= 0.6 is 15.9 Å². The van der Waals surface area contributed by atoms with Crippen LogP contribution in [0, 0.1) is 5.92 Å². The average molecular weight is 362 g/mol. The van der Waals surface area contributed by atoms with E-state index in [1.807, 2.05) is 24.3 Å². The van der Waals surface area contributed by atoms with Crippen LogP contribution in [0.25, 0.3) is 0 Å². The highest BCUT2D eigenvalue weighted by atomic mass is 79.9. The summed E-state index contributed by atoms with van der Waals surface area (Å²) in [5.41, 5.74) is 6.55. The molecule has 0 spiro atoms. The first-order valence-electron chi connectivity index (χ1n) is 6.70. The number of halogens is 1. The number of hydrogen-bond donors (Lipinski definition) is 2. The molecule has 0 amide bonds. The van der Waals surface area contributed by atoms with Crippen LogP contribution < -0.4 is 10.5 Å². The van der Waals surface area contributed by atoms with E-state index in [9.17, 15) is 8.42 Å². The minimum atomic E-state index is -3.40. The topological polar surface area (TPSA) is 75.4 Å². The van der Waals surface area contributed by atoms with Crippen LogP contribution in [0.2, 0.25) is 0 Å². The smallest absolute Gasteiger partial charge is 0.279 e. The maximum Gasteiger partial charge on any atom is 0.279 e. The molecule has 0 aliphatic carbocycles. The lowest BCUT2D eigenvalue weighted by atomic mass is 9.99. The van der Waals surface area contributed by atoms with Gasteiger partial charge in [0.1, 0.15) is 0 Å². The SMILES string of the molecule is NCC1CCN(S(=O)(=O)NCc2cccc(Br)c2)CC1. The predicted molar refractivity (Wildman–Crippen MR) is 83.3 cm³/mol. The van der Waals surface area contributed by atoms with Crippen molar-refractivity contribution in [3.05, 3.63) is 34.3 Å². The molecule has 5 nitrogen and oxygen atoms in total. The number of nitrogens with one attached hydrogen (secondary N) is 1. The van der Waals surface area contributed by atoms with Crippen molar-refractivity contribution in [1.29, 1.82) is 0 Å². The molecule has 1 saturated heterocycles. The highest BCUT2D eigenvalue weighted by Gasteiger charge is 2.26. The number of benzene rings is 1. The summed E-state index contributed by atoms with van der Waals surface area (Å²) < 4.78 is 29.5. The lowest BCUT2D eigenvalue weighted by Crippen LogP contribution is -2.45. The van der Waals surface area contributed by atoms with Crippen molar-refractivity contribution in [1.82, 2.24) is 9.03 Å². The van der Waals surface area contributed by atoms with Gasteiger partial charge in [0.2, 0.25) is 0 Å². The van der Waals surface area contributed by atoms with Gasteiger partial charge < -0.3 is 5.73 Å². The zero-order valence-corrected chi connectivity index (χ0v) is 13.7. The summed E-state index contributed by atoms with van der Waals surface area (Å²) in [6.07, 6.45) is 1.68. The second kappa shape index (κ2) is 7.00. The summed E-state index contributed by atoms with van der Waals surface area (Å²) in [4.78, 5) is 0. The number of hydrogen-bond acceptors (Lipinski definition) is 3. The predicted octanol–water partition coefficient (Wildman–Crippen LogP) is 1.45. The third-order valence-corrected chi connectivity index (χ3v) is 5.64. The summed E-state index contributed by atoms with van der Waals surface area (Å²) in [6.45, 7) is 2.04. The minimum Gasteiger partial charge on any atom is -0.330 e. The Morgan fingerprint density at radius 1 is 1.35 bits per heavy atom. The first-order valence-corrected chi connectivity index (χ1v) is 8.94. The Morgan fingerprint density at radius 2 is 2.05 bits per heavy atom. The van der Waals surface area contributed by atoms with Crippen LogP contribution in [0.1, 0.15) is 18.4 Å². The van der Waals surface area contributed by atoms with E-state index in [-0.39, 0.29) is 0 Å². The Labute approximate surface area is 128 Å². The molecular weight excluding hydrogens is 342 g/mol. The van der Waals surface area contributed by atoms with E-state index in [1.54, 1.807) is 0 Å². The second-order valence-corrected chi connectivity index (χ2v) is 7.71. The van der Waals surface area contributed by atoms with Crippen LogP contribution in [0.4, 0.5) is 0 Å². The summed E-state index contributed by atoms with van der Waals surface area (Å²) in [5.74, 6) is 0.450. The number of rotatable bonds is 5. The van der Waals surface area contributed by atoms with Gasteiger partial charge in [0.15, 0.2) is 0 Å². The van der Waals surface area contributed by atoms with Gasteiger partial charge in [-0.3, -0.25) is 0 Å². The fourth-order valence-corrected chi connectivity index (χ4v) is 3.97. The Bertz CT molecular complexity index is 542. The average Bonchev–Trinajstić information content (AvgIpc) is 2.45. The fraction of sp³-hybridized carbons (Fsp3) is 0.538. The van der Waals surface area contributed by atoms with Gasteiger partial charge in [-0.15, -0.1) is 0 Å². The third kappa shape index (κ3) is 4.26. The van der Waals surface area contributed by atoms with Crippen LogP contribution in [-0.2, 0) is 16.8 Å². The second-order valence-electron chi connectivity index (χ2n) is 5.03. The van der Waals surface area contributed by atoms with Crippen LogP contribution in [-0.4, -0.2) is 32.4 Å². The Balaban J connectivity index is 1.91. The molecule has 1 fully saturated rings. The molecule has 0 aromatic heterocycles. The monoisotopic (exact) mass is 361 g/mol. The normalized spacial score (nSPS) is 18.3. The van der Waals surface area contributed by atoms with Gasteiger partial charge in [-0.2, -0.15) is 17.4 Å². The molecule has 1 aromatic carbocycles. The molecule has 2 rings (SSSR count). The molecule has 0 saturated carbocycles. The standard InChI is InChI=1S/C13H20BrN3O2S/c14-13-3-1-2-12(8-13)10-16-20(18,19)17-6-4-11(9-15)5-7-17/h1-3,8,11,16H,4-7,9-10,15H2. The molecule has 7 heteroatoms. The van der Waals surface area contributed by atoms with Gasteiger partial charge in [-0.05, 0) is 43.0 Å². The number of piperidine rings is 1. The fourth-order valence-electron chi connectivity index (χ4n) is 2.30. The Kier molecular flexibility index (Phi) is 5.57. The summed E-state index contributed by atoms with van der Waals surface area (Å²) >= 11 is 3.37. The van der Waals surface area contributed by atoms with Gasteiger partial charge in [0.25, 0.3) is 10.2 Å². The van der Waals surface area contributed by atoms with Crippen molar-refractivity contribution < 1.29 is 8.42 Å². The molecule has 1 aliphatic heterocycles. The van der Waals surface area contributed by atoms with Crippen molar-refractivity contribution in [3.8, 4) is 0 Å². The Morgan fingerprint density at radius 3 is 2.65 bits per heavy atom. The Hall–Kier alpha value is -0.470. The van der Waals surface area contributed by atoms with E-state index in [1.165, 1.54) is 4.31 Å². The van der Waals surface area contributed by atoms with E-state index in [4.69, 9.17) is 5.73 Å². The summed E-state index contributed by atoms with van der Waals surface area (Å²) in [6, 6.07) is 7.60. The van der Waals surface area contributed by atoms with E-state index in [0.29, 0.717) is 32.1 Å². The van der Waals surface area contributed by atoms with Crippen LogP contribution in [0.15, 0.2) is 28.7 Å². The number of nitrogens with two attached hydrogens (primary N) is 1. The van der Waals surface area contributed by atoms with Crippen molar-refractivity contribution in [2.45, 2.75) is 19.4 Å². The number of nitrogens with zero attached hydrogens (tertiary/aromatic N) is 1. The van der Waals surface area contributed by atoms with Gasteiger partial charge in [0, 0.05) is 24.1 Å². The summed E-state index contributed by atoms with van der Waals surface area (Å²) in [7, 11) is -3.40. The molecule has 0 bridgehead atoms. The molecule has 20 heavy (non-hydrogen) atoms. The maximum atomic E-state index is 12.2. The van der Waals surface area contributed by atoms with E-state index < -0.39 is 10.2 Å². The molecule has 0 unspecified atom stereocenters. The minimum absolute atomic E-state index is 0.304. The van der Waals surface area contributed by atoms with Crippen LogP contribution in [0.5, 0.6) is 0 Å². The lowest BCUT2D eigenvalue weighted by molar-refractivity contribution is 0.275. The van der Waals surface area contributed by atoms with Gasteiger partial charge in [-0.25, -0.2) is 0 Å². The molecule has 1 aliphatic rings. The van der Waals surface area contributed by atoms with Crippen LogP contribution in [0.3, 0.4) is 0 Å². The van der Waals surface area contributed by atoms with E-state index in [0.717, 1.165) is 22.9 Å². The van der Waals surface area contributed by atoms with Gasteiger partial charge in [0.05, 0.1) is 0 Å². The van der Waals surface area contributed by atoms with Crippen molar-refractivity contribution in [2.75, 3.05) is 19.6 Å². The molecule has 1 aromatic rings.